The molecule has 0 spiro atoms. The van der Waals surface area contributed by atoms with Crippen LogP contribution in [0.4, 0.5) is 0 Å². The van der Waals surface area contributed by atoms with Gasteiger partial charge in [-0.1, -0.05) is 46.0 Å². The van der Waals surface area contributed by atoms with Crippen LogP contribution >= 0.6 is 0 Å². The molecule has 0 radical (unpaired) electrons. The summed E-state index contributed by atoms with van der Waals surface area (Å²) >= 11 is 0. The van der Waals surface area contributed by atoms with Crippen LogP contribution in [0, 0.1) is 0 Å². The number of esters is 1. The third-order valence-electron chi connectivity index (χ3n) is 2.92. The number of hydrogen-bond donors (Lipinski definition) is 0. The van der Waals surface area contributed by atoms with Crippen molar-refractivity contribution in [2.75, 3.05) is 20.3 Å². The molecule has 0 saturated heterocycles. The Hall–Kier alpha value is -0.830. The molecule has 3 nitrogen and oxygen atoms in total. The molecule has 0 aliphatic rings. The number of carbonyl (C=O) groups is 1. The highest BCUT2D eigenvalue weighted by atomic mass is 16.5. The molecule has 0 unspecified atom stereocenters. The lowest BCUT2D eigenvalue weighted by Crippen LogP contribution is -2.05. The zero-order valence-corrected chi connectivity index (χ0v) is 12.2. The molecular weight excluding hydrogens is 228 g/mol. The van der Waals surface area contributed by atoms with Crippen molar-refractivity contribution in [1.82, 2.24) is 0 Å². The topological polar surface area (TPSA) is 35.5 Å². The van der Waals surface area contributed by atoms with Gasteiger partial charge in [0, 0.05) is 12.2 Å². The van der Waals surface area contributed by atoms with Crippen LogP contribution in [0.5, 0.6) is 0 Å². The number of carbonyl (C=O) groups excluding carboxylic acids is 1. The van der Waals surface area contributed by atoms with E-state index in [1.165, 1.54) is 39.2 Å². The molecule has 0 heterocycles. The van der Waals surface area contributed by atoms with Gasteiger partial charge >= 0.3 is 5.97 Å². The van der Waals surface area contributed by atoms with Crippen LogP contribution in [-0.4, -0.2) is 26.3 Å². The lowest BCUT2D eigenvalue weighted by molar-refractivity contribution is -0.136. The minimum Gasteiger partial charge on any atom is -0.466 e. The Balaban J connectivity index is 3.48. The fraction of sp³-hybridized carbons (Fsp3) is 0.800. The van der Waals surface area contributed by atoms with Crippen LogP contribution < -0.4 is 0 Å². The third kappa shape index (κ3) is 9.23. The first-order chi connectivity index (χ1) is 8.76. The fourth-order valence-corrected chi connectivity index (χ4v) is 1.73. The maximum absolute atomic E-state index is 11.3. The minimum absolute atomic E-state index is 0.249. The van der Waals surface area contributed by atoms with Crippen molar-refractivity contribution in [2.24, 2.45) is 0 Å². The molecule has 0 aromatic rings. The van der Waals surface area contributed by atoms with Crippen molar-refractivity contribution in [3.05, 3.63) is 11.6 Å². The van der Waals surface area contributed by atoms with Gasteiger partial charge in [0.15, 0.2) is 0 Å². The average Bonchev–Trinajstić information content (AvgIpc) is 2.40. The lowest BCUT2D eigenvalue weighted by atomic mass is 10.1. The predicted octanol–water partition coefficient (Wildman–Crippen LogP) is 3.87. The first-order valence-electron chi connectivity index (χ1n) is 7.11. The second-order valence-electron chi connectivity index (χ2n) is 4.42. The van der Waals surface area contributed by atoms with Crippen molar-refractivity contribution < 1.29 is 14.3 Å². The van der Waals surface area contributed by atoms with E-state index in [1.807, 2.05) is 13.0 Å². The molecule has 0 fully saturated rings. The molecule has 0 saturated carbocycles. The molecule has 0 rings (SSSR count). The van der Waals surface area contributed by atoms with E-state index < -0.39 is 0 Å². The highest BCUT2D eigenvalue weighted by Gasteiger charge is 2.05. The summed E-state index contributed by atoms with van der Waals surface area (Å²) in [6.07, 6.45) is 10.1. The van der Waals surface area contributed by atoms with Crippen molar-refractivity contribution in [2.45, 2.75) is 58.8 Å². The van der Waals surface area contributed by atoms with Crippen LogP contribution in [0.2, 0.25) is 0 Å². The molecule has 0 aliphatic heterocycles. The molecule has 3 heteroatoms. The van der Waals surface area contributed by atoms with E-state index in [4.69, 9.17) is 4.74 Å². The van der Waals surface area contributed by atoms with Crippen LogP contribution in [0.25, 0.3) is 0 Å². The normalized spacial score (nSPS) is 11.6. The van der Waals surface area contributed by atoms with Crippen molar-refractivity contribution in [3.8, 4) is 0 Å². The first-order valence-corrected chi connectivity index (χ1v) is 7.11. The highest BCUT2D eigenvalue weighted by Crippen LogP contribution is 2.06. The summed E-state index contributed by atoms with van der Waals surface area (Å²) in [4.78, 5) is 11.3. The average molecular weight is 256 g/mol. The molecular formula is C15H28O3. The molecule has 106 valence electrons. The molecule has 0 amide bonds. The summed E-state index contributed by atoms with van der Waals surface area (Å²) < 4.78 is 10.2. The molecule has 0 atom stereocenters. The third-order valence-corrected chi connectivity index (χ3v) is 2.92. The van der Waals surface area contributed by atoms with Gasteiger partial charge < -0.3 is 9.47 Å². The van der Waals surface area contributed by atoms with Crippen molar-refractivity contribution in [3.63, 3.8) is 0 Å². The van der Waals surface area contributed by atoms with Gasteiger partial charge in [0.2, 0.25) is 0 Å². The Morgan fingerprint density at radius 2 is 1.72 bits per heavy atom. The van der Waals surface area contributed by atoms with E-state index in [0.717, 1.165) is 13.0 Å². The molecule has 18 heavy (non-hydrogen) atoms. The highest BCUT2D eigenvalue weighted by molar-refractivity contribution is 5.88. The van der Waals surface area contributed by atoms with E-state index in [2.05, 4.69) is 11.7 Å². The standard InChI is InChI=1S/C15H28O3/c1-4-6-7-8-9-10-12-18-13-11-14(5-2)15(16)17-3/h11H,4-10,12-13H2,1-3H3. The van der Waals surface area contributed by atoms with Gasteiger partial charge in [-0.05, 0) is 18.9 Å². The summed E-state index contributed by atoms with van der Waals surface area (Å²) in [5.74, 6) is -0.249. The number of rotatable bonds is 11. The largest absolute Gasteiger partial charge is 0.466 e. The van der Waals surface area contributed by atoms with Gasteiger partial charge in [-0.15, -0.1) is 0 Å². The number of methoxy groups -OCH3 is 1. The second kappa shape index (κ2) is 12.6. The second-order valence-corrected chi connectivity index (χ2v) is 4.42. The molecule has 0 N–H and O–H groups in total. The Kier molecular flexibility index (Phi) is 12.0. The predicted molar refractivity (Wildman–Crippen MR) is 74.6 cm³/mol. The minimum atomic E-state index is -0.249. The Morgan fingerprint density at radius 1 is 1.06 bits per heavy atom. The van der Waals surface area contributed by atoms with Gasteiger partial charge in [-0.3, -0.25) is 0 Å². The van der Waals surface area contributed by atoms with Gasteiger partial charge in [-0.25, -0.2) is 4.79 Å². The van der Waals surface area contributed by atoms with E-state index in [0.29, 0.717) is 18.6 Å². The zero-order valence-electron chi connectivity index (χ0n) is 12.2. The van der Waals surface area contributed by atoms with Crippen molar-refractivity contribution >= 4 is 5.97 Å². The van der Waals surface area contributed by atoms with Gasteiger partial charge in [0.25, 0.3) is 0 Å². The van der Waals surface area contributed by atoms with Gasteiger partial charge in [0.1, 0.15) is 0 Å². The zero-order chi connectivity index (χ0) is 13.6. The summed E-state index contributed by atoms with van der Waals surface area (Å²) in [5.41, 5.74) is 0.695. The summed E-state index contributed by atoms with van der Waals surface area (Å²) in [6, 6.07) is 0. The maximum atomic E-state index is 11.3. The Bertz CT molecular complexity index is 234. The summed E-state index contributed by atoms with van der Waals surface area (Å²) in [5, 5.41) is 0. The summed E-state index contributed by atoms with van der Waals surface area (Å²) in [7, 11) is 1.41. The molecule has 0 bridgehead atoms. The van der Waals surface area contributed by atoms with E-state index in [9.17, 15) is 4.79 Å². The number of hydrogen-bond acceptors (Lipinski definition) is 3. The van der Waals surface area contributed by atoms with Gasteiger partial charge in [0.05, 0.1) is 13.7 Å². The smallest absolute Gasteiger partial charge is 0.333 e. The Labute approximate surface area is 112 Å². The van der Waals surface area contributed by atoms with E-state index >= 15 is 0 Å². The van der Waals surface area contributed by atoms with Crippen molar-refractivity contribution in [1.29, 1.82) is 0 Å². The first kappa shape index (κ1) is 17.2. The monoisotopic (exact) mass is 256 g/mol. The molecule has 0 aliphatic carbocycles. The maximum Gasteiger partial charge on any atom is 0.333 e. The van der Waals surface area contributed by atoms with Crippen LogP contribution in [0.15, 0.2) is 11.6 Å². The Morgan fingerprint density at radius 3 is 2.33 bits per heavy atom. The van der Waals surface area contributed by atoms with Crippen LogP contribution in [0.1, 0.15) is 58.8 Å². The SMILES string of the molecule is CCCCCCCCOCC=C(CC)C(=O)OC. The number of unbranched alkanes of at least 4 members (excludes halogenated alkanes) is 5. The molecule has 0 aromatic carbocycles. The number of ether oxygens (including phenoxy) is 2. The van der Waals surface area contributed by atoms with E-state index in [-0.39, 0.29) is 5.97 Å². The van der Waals surface area contributed by atoms with Crippen LogP contribution in [-0.2, 0) is 14.3 Å². The van der Waals surface area contributed by atoms with Crippen LogP contribution in [0.3, 0.4) is 0 Å². The molecule has 0 aromatic heterocycles. The summed E-state index contributed by atoms with van der Waals surface area (Å²) in [6.45, 7) is 5.45. The lowest BCUT2D eigenvalue weighted by Gasteiger charge is -2.04. The quantitative estimate of drug-likeness (QED) is 0.320. The fourth-order valence-electron chi connectivity index (χ4n) is 1.73. The van der Waals surface area contributed by atoms with Gasteiger partial charge in [-0.2, -0.15) is 0 Å². The van der Waals surface area contributed by atoms with E-state index in [1.54, 1.807) is 0 Å².